The van der Waals surface area contributed by atoms with Crippen LogP contribution in [0.3, 0.4) is 0 Å². The average molecular weight is 234 g/mol. The van der Waals surface area contributed by atoms with Gasteiger partial charge in [0, 0.05) is 12.6 Å². The van der Waals surface area contributed by atoms with Crippen molar-refractivity contribution in [2.75, 3.05) is 5.32 Å². The van der Waals surface area contributed by atoms with Gasteiger partial charge in [-0.1, -0.05) is 6.07 Å². The van der Waals surface area contributed by atoms with E-state index in [2.05, 4.69) is 10.6 Å². The van der Waals surface area contributed by atoms with Crippen LogP contribution >= 0.6 is 0 Å². The second-order valence-electron chi connectivity index (χ2n) is 4.21. The van der Waals surface area contributed by atoms with Gasteiger partial charge >= 0.3 is 0 Å². The smallest absolute Gasteiger partial charge is 0.246 e. The number of aryl methyl sites for hydroxylation is 2. The predicted molar refractivity (Wildman–Crippen MR) is 67.8 cm³/mol. The molecule has 1 aromatic rings. The first kappa shape index (κ1) is 13.2. The molecule has 0 saturated heterocycles. The Kier molecular flexibility index (Phi) is 4.26. The summed E-state index contributed by atoms with van der Waals surface area (Å²) in [5.74, 6) is -0.434. The monoisotopic (exact) mass is 234 g/mol. The van der Waals surface area contributed by atoms with E-state index in [-0.39, 0.29) is 11.8 Å². The third-order valence-electron chi connectivity index (χ3n) is 2.59. The van der Waals surface area contributed by atoms with E-state index in [9.17, 15) is 9.59 Å². The topological polar surface area (TPSA) is 58.2 Å². The third-order valence-corrected chi connectivity index (χ3v) is 2.59. The standard InChI is InChI=1S/C13H18N2O2/c1-8-5-6-12(7-9(8)2)15-13(17)10(3)14-11(4)16/h5-7,10H,1-4H3,(H,14,16)(H,15,17)/t10-/m0/s1. The molecule has 0 aliphatic rings. The Balaban J connectivity index is 2.67. The van der Waals surface area contributed by atoms with Crippen molar-refractivity contribution < 1.29 is 9.59 Å². The first-order valence-electron chi connectivity index (χ1n) is 5.55. The summed E-state index contributed by atoms with van der Waals surface area (Å²) in [4.78, 5) is 22.5. The van der Waals surface area contributed by atoms with Crippen LogP contribution in [0.2, 0.25) is 0 Å². The van der Waals surface area contributed by atoms with Crippen LogP contribution in [0.1, 0.15) is 25.0 Å². The molecule has 1 rings (SSSR count). The lowest BCUT2D eigenvalue weighted by atomic mass is 10.1. The van der Waals surface area contributed by atoms with Crippen LogP contribution in [0.4, 0.5) is 5.69 Å². The van der Waals surface area contributed by atoms with E-state index < -0.39 is 6.04 Å². The quantitative estimate of drug-likeness (QED) is 0.837. The Morgan fingerprint density at radius 1 is 1.18 bits per heavy atom. The first-order chi connectivity index (χ1) is 7.90. The molecule has 4 heteroatoms. The zero-order valence-corrected chi connectivity index (χ0v) is 10.6. The summed E-state index contributed by atoms with van der Waals surface area (Å²) in [7, 11) is 0. The van der Waals surface area contributed by atoms with Gasteiger partial charge < -0.3 is 10.6 Å². The Labute approximate surface area is 101 Å². The van der Waals surface area contributed by atoms with E-state index in [1.54, 1.807) is 6.92 Å². The molecule has 0 aliphatic carbocycles. The largest absolute Gasteiger partial charge is 0.345 e. The second-order valence-corrected chi connectivity index (χ2v) is 4.21. The number of hydrogen-bond acceptors (Lipinski definition) is 2. The molecule has 17 heavy (non-hydrogen) atoms. The van der Waals surface area contributed by atoms with Gasteiger partial charge in [-0.15, -0.1) is 0 Å². The van der Waals surface area contributed by atoms with E-state index in [0.717, 1.165) is 11.3 Å². The van der Waals surface area contributed by atoms with E-state index in [0.29, 0.717) is 0 Å². The van der Waals surface area contributed by atoms with Crippen LogP contribution in [0.25, 0.3) is 0 Å². The molecular formula is C13H18N2O2. The number of benzene rings is 1. The second kappa shape index (κ2) is 5.48. The molecular weight excluding hydrogens is 216 g/mol. The number of anilines is 1. The minimum absolute atomic E-state index is 0.215. The molecule has 1 atom stereocenters. The van der Waals surface area contributed by atoms with Crippen LogP contribution in [0.15, 0.2) is 18.2 Å². The maximum Gasteiger partial charge on any atom is 0.246 e. The summed E-state index contributed by atoms with van der Waals surface area (Å²) in [6, 6.07) is 5.18. The highest BCUT2D eigenvalue weighted by Crippen LogP contribution is 2.14. The molecule has 0 saturated carbocycles. The highest BCUT2D eigenvalue weighted by Gasteiger charge is 2.13. The number of amides is 2. The van der Waals surface area contributed by atoms with Gasteiger partial charge in [-0.25, -0.2) is 0 Å². The first-order valence-corrected chi connectivity index (χ1v) is 5.55. The SMILES string of the molecule is CC(=O)N[C@@H](C)C(=O)Nc1ccc(C)c(C)c1. The summed E-state index contributed by atoms with van der Waals surface area (Å²) < 4.78 is 0. The van der Waals surface area contributed by atoms with Crippen LogP contribution in [0, 0.1) is 13.8 Å². The molecule has 0 radical (unpaired) electrons. The van der Waals surface area contributed by atoms with Gasteiger partial charge in [0.05, 0.1) is 0 Å². The molecule has 0 aromatic heterocycles. The summed E-state index contributed by atoms with van der Waals surface area (Å²) in [6.07, 6.45) is 0. The molecule has 0 fully saturated rings. The van der Waals surface area contributed by atoms with Gasteiger partial charge in [-0.05, 0) is 44.0 Å². The average Bonchev–Trinajstić information content (AvgIpc) is 2.22. The molecule has 0 unspecified atom stereocenters. The number of carbonyl (C=O) groups excluding carboxylic acids is 2. The van der Waals surface area contributed by atoms with Gasteiger partial charge in [0.15, 0.2) is 0 Å². The Morgan fingerprint density at radius 2 is 1.82 bits per heavy atom. The van der Waals surface area contributed by atoms with Crippen LogP contribution < -0.4 is 10.6 Å². The van der Waals surface area contributed by atoms with E-state index in [1.165, 1.54) is 12.5 Å². The summed E-state index contributed by atoms with van der Waals surface area (Å²) >= 11 is 0. The molecule has 0 heterocycles. The fourth-order valence-electron chi connectivity index (χ4n) is 1.44. The minimum Gasteiger partial charge on any atom is -0.345 e. The van der Waals surface area contributed by atoms with Crippen molar-refractivity contribution in [2.24, 2.45) is 0 Å². The molecule has 2 amide bonds. The molecule has 2 N–H and O–H groups in total. The van der Waals surface area contributed by atoms with E-state index in [4.69, 9.17) is 0 Å². The van der Waals surface area contributed by atoms with Crippen LogP contribution in [0.5, 0.6) is 0 Å². The summed E-state index contributed by atoms with van der Waals surface area (Å²) in [6.45, 7) is 7.04. The Morgan fingerprint density at radius 3 is 2.35 bits per heavy atom. The maximum atomic E-state index is 11.7. The summed E-state index contributed by atoms with van der Waals surface area (Å²) in [5.41, 5.74) is 3.04. The van der Waals surface area contributed by atoms with E-state index in [1.807, 2.05) is 32.0 Å². The fraction of sp³-hybridized carbons (Fsp3) is 0.385. The van der Waals surface area contributed by atoms with Crippen molar-refractivity contribution in [3.8, 4) is 0 Å². The lowest BCUT2D eigenvalue weighted by Gasteiger charge is -2.13. The van der Waals surface area contributed by atoms with Crippen LogP contribution in [-0.2, 0) is 9.59 Å². The number of rotatable bonds is 3. The zero-order chi connectivity index (χ0) is 13.0. The molecule has 4 nitrogen and oxygen atoms in total. The lowest BCUT2D eigenvalue weighted by molar-refractivity contribution is -0.124. The van der Waals surface area contributed by atoms with Crippen molar-refractivity contribution in [3.63, 3.8) is 0 Å². The van der Waals surface area contributed by atoms with Gasteiger partial charge in [0.25, 0.3) is 0 Å². The van der Waals surface area contributed by atoms with Gasteiger partial charge in [-0.3, -0.25) is 9.59 Å². The fourth-order valence-corrected chi connectivity index (χ4v) is 1.44. The van der Waals surface area contributed by atoms with Crippen molar-refractivity contribution in [1.29, 1.82) is 0 Å². The molecule has 0 spiro atoms. The normalized spacial score (nSPS) is 11.8. The number of carbonyl (C=O) groups is 2. The minimum atomic E-state index is -0.533. The highest BCUT2D eigenvalue weighted by molar-refractivity contribution is 5.96. The maximum absolute atomic E-state index is 11.7. The molecule has 92 valence electrons. The number of nitrogens with one attached hydrogen (secondary N) is 2. The van der Waals surface area contributed by atoms with Crippen LogP contribution in [-0.4, -0.2) is 17.9 Å². The molecule has 1 aromatic carbocycles. The van der Waals surface area contributed by atoms with E-state index >= 15 is 0 Å². The Bertz CT molecular complexity index is 441. The van der Waals surface area contributed by atoms with Crippen molar-refractivity contribution >= 4 is 17.5 Å². The van der Waals surface area contributed by atoms with Gasteiger partial charge in [-0.2, -0.15) is 0 Å². The molecule has 0 bridgehead atoms. The zero-order valence-electron chi connectivity index (χ0n) is 10.6. The van der Waals surface area contributed by atoms with Crippen molar-refractivity contribution in [2.45, 2.75) is 33.7 Å². The third kappa shape index (κ3) is 3.90. The van der Waals surface area contributed by atoms with Crippen molar-refractivity contribution in [3.05, 3.63) is 29.3 Å². The summed E-state index contributed by atoms with van der Waals surface area (Å²) in [5, 5.41) is 5.30. The predicted octanol–water partition coefficient (Wildman–Crippen LogP) is 1.77. The highest BCUT2D eigenvalue weighted by atomic mass is 16.2. The molecule has 0 aliphatic heterocycles. The Hall–Kier alpha value is -1.84. The van der Waals surface area contributed by atoms with Gasteiger partial charge in [0.1, 0.15) is 6.04 Å². The lowest BCUT2D eigenvalue weighted by Crippen LogP contribution is -2.40. The number of hydrogen-bond donors (Lipinski definition) is 2. The van der Waals surface area contributed by atoms with Gasteiger partial charge in [0.2, 0.25) is 11.8 Å². The van der Waals surface area contributed by atoms with Crippen molar-refractivity contribution in [1.82, 2.24) is 5.32 Å².